The Morgan fingerprint density at radius 2 is 2.24 bits per heavy atom. The topological polar surface area (TPSA) is 92.6 Å². The van der Waals surface area contributed by atoms with Gasteiger partial charge in [-0.05, 0) is 0 Å². The maximum Gasteiger partial charge on any atom is 0.415 e. The number of ether oxygens (including phenoxy) is 1. The van der Waals surface area contributed by atoms with Gasteiger partial charge in [-0.2, -0.15) is 0 Å². The van der Waals surface area contributed by atoms with Crippen molar-refractivity contribution >= 4 is 17.9 Å². The van der Waals surface area contributed by atoms with Gasteiger partial charge in [-0.1, -0.05) is 12.7 Å². The highest BCUT2D eigenvalue weighted by molar-refractivity contribution is 5.87. The van der Waals surface area contributed by atoms with E-state index in [0.717, 1.165) is 11.1 Å². The lowest BCUT2D eigenvalue weighted by atomic mass is 10.4. The molecule has 0 saturated carbocycles. The number of carboxylic acid groups (broad SMARTS) is 1. The summed E-state index contributed by atoms with van der Waals surface area (Å²) in [6.07, 6.45) is 3.06. The van der Waals surface area contributed by atoms with Gasteiger partial charge in [0.1, 0.15) is 6.61 Å². The number of anilines is 1. The molecule has 1 amide bonds. The molecule has 17 heavy (non-hydrogen) atoms. The Bertz CT molecular complexity index is 430. The van der Waals surface area contributed by atoms with Gasteiger partial charge in [0.25, 0.3) is 0 Å². The smallest absolute Gasteiger partial charge is 0.415 e. The minimum Gasteiger partial charge on any atom is -0.476 e. The van der Waals surface area contributed by atoms with Crippen LogP contribution in [0.3, 0.4) is 0 Å². The molecule has 0 aliphatic rings. The van der Waals surface area contributed by atoms with Crippen LogP contribution in [-0.2, 0) is 4.74 Å². The molecule has 1 aromatic rings. The van der Waals surface area contributed by atoms with Crippen molar-refractivity contribution in [3.05, 3.63) is 30.7 Å². The third-order valence-corrected chi connectivity index (χ3v) is 1.80. The van der Waals surface area contributed by atoms with E-state index < -0.39 is 12.1 Å². The SMILES string of the molecule is C=CCOC(=O)N(C)c1cnc(C(=O)O)cn1. The first kappa shape index (κ1) is 12.6. The normalized spacial score (nSPS) is 9.47. The number of aromatic carboxylic acids is 1. The fraction of sp³-hybridized carbons (Fsp3) is 0.200. The van der Waals surface area contributed by atoms with Gasteiger partial charge in [0.05, 0.1) is 12.4 Å². The number of hydrogen-bond donors (Lipinski definition) is 1. The second-order valence-corrected chi connectivity index (χ2v) is 2.99. The molecule has 0 radical (unpaired) electrons. The fourth-order valence-electron chi connectivity index (χ4n) is 0.925. The number of nitrogens with zero attached hydrogens (tertiary/aromatic N) is 3. The average Bonchev–Trinajstić information content (AvgIpc) is 2.35. The Hall–Kier alpha value is -2.44. The van der Waals surface area contributed by atoms with Crippen molar-refractivity contribution in [3.63, 3.8) is 0 Å². The van der Waals surface area contributed by atoms with Crippen molar-refractivity contribution in [1.82, 2.24) is 9.97 Å². The first-order chi connectivity index (χ1) is 8.06. The van der Waals surface area contributed by atoms with Crippen molar-refractivity contribution in [2.75, 3.05) is 18.6 Å². The minimum atomic E-state index is -1.18. The molecular weight excluding hydrogens is 226 g/mol. The van der Waals surface area contributed by atoms with Crippen molar-refractivity contribution < 1.29 is 19.4 Å². The van der Waals surface area contributed by atoms with Gasteiger partial charge in [0.15, 0.2) is 11.5 Å². The largest absolute Gasteiger partial charge is 0.476 e. The fourth-order valence-corrected chi connectivity index (χ4v) is 0.925. The molecule has 0 fully saturated rings. The van der Waals surface area contributed by atoms with E-state index in [1.165, 1.54) is 19.3 Å². The number of hydrogen-bond acceptors (Lipinski definition) is 5. The highest BCUT2D eigenvalue weighted by Gasteiger charge is 2.14. The summed E-state index contributed by atoms with van der Waals surface area (Å²) in [4.78, 5) is 30.5. The molecule has 90 valence electrons. The molecule has 7 heteroatoms. The second kappa shape index (κ2) is 5.59. The zero-order chi connectivity index (χ0) is 12.8. The van der Waals surface area contributed by atoms with Gasteiger partial charge in [-0.25, -0.2) is 19.6 Å². The maximum absolute atomic E-state index is 11.4. The summed E-state index contributed by atoms with van der Waals surface area (Å²) in [7, 11) is 1.44. The van der Waals surface area contributed by atoms with Gasteiger partial charge in [-0.15, -0.1) is 0 Å². The van der Waals surface area contributed by atoms with Crippen LogP contribution < -0.4 is 4.90 Å². The number of aromatic nitrogens is 2. The lowest BCUT2D eigenvalue weighted by Crippen LogP contribution is -2.28. The summed E-state index contributed by atoms with van der Waals surface area (Å²) in [6.45, 7) is 3.49. The van der Waals surface area contributed by atoms with Crippen LogP contribution >= 0.6 is 0 Å². The van der Waals surface area contributed by atoms with Crippen LogP contribution in [0.2, 0.25) is 0 Å². The van der Waals surface area contributed by atoms with E-state index in [1.54, 1.807) is 0 Å². The molecular formula is C10H11N3O4. The highest BCUT2D eigenvalue weighted by atomic mass is 16.6. The van der Waals surface area contributed by atoms with E-state index >= 15 is 0 Å². The second-order valence-electron chi connectivity index (χ2n) is 2.99. The summed E-state index contributed by atoms with van der Waals surface area (Å²) in [5, 5.41) is 8.62. The molecule has 1 heterocycles. The van der Waals surface area contributed by atoms with E-state index in [0.29, 0.717) is 0 Å². The summed E-state index contributed by atoms with van der Waals surface area (Å²) >= 11 is 0. The molecule has 0 aliphatic heterocycles. The van der Waals surface area contributed by atoms with Gasteiger partial charge in [0.2, 0.25) is 0 Å². The van der Waals surface area contributed by atoms with Crippen LogP contribution in [0.5, 0.6) is 0 Å². The molecule has 0 saturated heterocycles. The van der Waals surface area contributed by atoms with Gasteiger partial charge < -0.3 is 9.84 Å². The molecule has 0 atom stereocenters. The molecule has 1 rings (SSSR count). The zero-order valence-corrected chi connectivity index (χ0v) is 9.16. The Balaban J connectivity index is 2.75. The van der Waals surface area contributed by atoms with Crippen LogP contribution in [-0.4, -0.2) is 40.8 Å². The van der Waals surface area contributed by atoms with E-state index in [-0.39, 0.29) is 18.1 Å². The van der Waals surface area contributed by atoms with Gasteiger partial charge in [0, 0.05) is 7.05 Å². The van der Waals surface area contributed by atoms with Gasteiger partial charge >= 0.3 is 12.1 Å². The van der Waals surface area contributed by atoms with Crippen LogP contribution in [0.15, 0.2) is 25.0 Å². The highest BCUT2D eigenvalue weighted by Crippen LogP contribution is 2.08. The number of rotatable bonds is 4. The quantitative estimate of drug-likeness (QED) is 0.783. The summed E-state index contributed by atoms with van der Waals surface area (Å²) < 4.78 is 4.77. The molecule has 0 aliphatic carbocycles. The van der Waals surface area contributed by atoms with E-state index in [9.17, 15) is 9.59 Å². The molecule has 0 aromatic carbocycles. The van der Waals surface area contributed by atoms with Gasteiger partial charge in [-0.3, -0.25) is 4.90 Å². The standard InChI is InChI=1S/C10H11N3O4/c1-3-4-17-10(16)13(2)8-6-11-7(5-12-8)9(14)15/h3,5-6H,1,4H2,2H3,(H,14,15). The summed E-state index contributed by atoms with van der Waals surface area (Å²) in [6, 6.07) is 0. The van der Waals surface area contributed by atoms with Crippen molar-refractivity contribution in [1.29, 1.82) is 0 Å². The third kappa shape index (κ3) is 3.26. The van der Waals surface area contributed by atoms with E-state index in [2.05, 4.69) is 16.5 Å². The lowest BCUT2D eigenvalue weighted by molar-refractivity contribution is 0.0690. The minimum absolute atomic E-state index is 0.0871. The first-order valence-electron chi connectivity index (χ1n) is 4.63. The van der Waals surface area contributed by atoms with E-state index in [4.69, 9.17) is 9.84 Å². The molecule has 0 spiro atoms. The third-order valence-electron chi connectivity index (χ3n) is 1.80. The molecule has 7 nitrogen and oxygen atoms in total. The molecule has 0 unspecified atom stereocenters. The van der Waals surface area contributed by atoms with Crippen LogP contribution in [0.4, 0.5) is 10.6 Å². The van der Waals surface area contributed by atoms with Crippen molar-refractivity contribution in [3.8, 4) is 0 Å². The Kier molecular flexibility index (Phi) is 4.15. The summed E-state index contributed by atoms with van der Waals surface area (Å²) in [5.41, 5.74) is -0.193. The maximum atomic E-state index is 11.4. The number of amides is 1. The number of carboxylic acids is 1. The molecule has 1 N–H and O–H groups in total. The van der Waals surface area contributed by atoms with Crippen molar-refractivity contribution in [2.45, 2.75) is 0 Å². The number of carbonyl (C=O) groups is 2. The van der Waals surface area contributed by atoms with Crippen LogP contribution in [0, 0.1) is 0 Å². The predicted octanol–water partition coefficient (Wildman–Crippen LogP) is 0.934. The number of carbonyl (C=O) groups excluding carboxylic acids is 1. The zero-order valence-electron chi connectivity index (χ0n) is 9.16. The monoisotopic (exact) mass is 237 g/mol. The van der Waals surface area contributed by atoms with E-state index in [1.807, 2.05) is 0 Å². The average molecular weight is 237 g/mol. The van der Waals surface area contributed by atoms with Crippen LogP contribution in [0.25, 0.3) is 0 Å². The van der Waals surface area contributed by atoms with Crippen LogP contribution in [0.1, 0.15) is 10.5 Å². The Morgan fingerprint density at radius 1 is 1.53 bits per heavy atom. The lowest BCUT2D eigenvalue weighted by Gasteiger charge is -2.14. The Labute approximate surface area is 97.4 Å². The molecule has 1 aromatic heterocycles. The molecule has 0 bridgehead atoms. The first-order valence-corrected chi connectivity index (χ1v) is 4.63. The van der Waals surface area contributed by atoms with Crippen molar-refractivity contribution in [2.24, 2.45) is 0 Å². The Morgan fingerprint density at radius 3 is 2.71 bits per heavy atom. The summed E-state index contributed by atoms with van der Waals surface area (Å²) in [5.74, 6) is -0.981. The predicted molar refractivity (Wildman–Crippen MR) is 58.9 cm³/mol.